The maximum atomic E-state index is 12.6. The molecule has 0 spiro atoms. The molecule has 6 heteroatoms. The van der Waals surface area contributed by atoms with Crippen molar-refractivity contribution in [3.05, 3.63) is 53.6 Å². The average molecular weight is 369 g/mol. The highest BCUT2D eigenvalue weighted by atomic mass is 16.5. The van der Waals surface area contributed by atoms with Crippen LogP contribution in [-0.2, 0) is 16.0 Å². The van der Waals surface area contributed by atoms with Crippen molar-refractivity contribution in [3.63, 3.8) is 0 Å². The Kier molecular flexibility index (Phi) is 5.64. The molecule has 1 aliphatic heterocycles. The van der Waals surface area contributed by atoms with Crippen LogP contribution in [0.25, 0.3) is 0 Å². The monoisotopic (exact) mass is 369 g/mol. The molecule has 0 saturated carbocycles. The maximum absolute atomic E-state index is 12.6. The lowest BCUT2D eigenvalue weighted by atomic mass is 10.1. The van der Waals surface area contributed by atoms with Crippen molar-refractivity contribution >= 4 is 17.6 Å². The third kappa shape index (κ3) is 3.89. The standard InChI is InChI=1S/C21H23NO5/c1-4-26-18-10-9-16(12-19(18)25-3)21(24)27-13-20(23)22-14(2)11-15-7-5-6-8-17(15)22/h5-10,12,14H,4,11,13H2,1-3H3/t14-/m1/s1. The van der Waals surface area contributed by atoms with E-state index in [1.54, 1.807) is 23.1 Å². The van der Waals surface area contributed by atoms with Gasteiger partial charge in [0.15, 0.2) is 18.1 Å². The smallest absolute Gasteiger partial charge is 0.338 e. The van der Waals surface area contributed by atoms with E-state index in [1.165, 1.54) is 7.11 Å². The van der Waals surface area contributed by atoms with E-state index in [2.05, 4.69) is 0 Å². The van der Waals surface area contributed by atoms with E-state index < -0.39 is 5.97 Å². The predicted octanol–water partition coefficient (Wildman–Crippen LogP) is 3.23. The Morgan fingerprint density at radius 2 is 1.93 bits per heavy atom. The molecule has 1 amide bonds. The van der Waals surface area contributed by atoms with Crippen LogP contribution in [0.1, 0.15) is 29.8 Å². The molecule has 0 fully saturated rings. The van der Waals surface area contributed by atoms with Gasteiger partial charge in [0.1, 0.15) is 0 Å². The molecule has 0 radical (unpaired) electrons. The molecule has 2 aromatic carbocycles. The summed E-state index contributed by atoms with van der Waals surface area (Å²) in [4.78, 5) is 26.7. The van der Waals surface area contributed by atoms with E-state index in [1.807, 2.05) is 38.1 Å². The molecule has 0 N–H and O–H groups in total. The molecule has 1 atom stereocenters. The van der Waals surface area contributed by atoms with Gasteiger partial charge in [0.05, 0.1) is 19.3 Å². The van der Waals surface area contributed by atoms with Crippen LogP contribution in [-0.4, -0.2) is 38.2 Å². The molecular formula is C21H23NO5. The number of carbonyl (C=O) groups excluding carboxylic acids is 2. The van der Waals surface area contributed by atoms with Crippen LogP contribution < -0.4 is 14.4 Å². The number of methoxy groups -OCH3 is 1. The Balaban J connectivity index is 1.66. The number of amides is 1. The number of esters is 1. The number of nitrogens with zero attached hydrogens (tertiary/aromatic N) is 1. The van der Waals surface area contributed by atoms with Gasteiger partial charge in [-0.1, -0.05) is 18.2 Å². The van der Waals surface area contributed by atoms with Gasteiger partial charge in [0, 0.05) is 11.7 Å². The number of anilines is 1. The topological polar surface area (TPSA) is 65.1 Å². The highest BCUT2D eigenvalue weighted by Crippen LogP contribution is 2.32. The summed E-state index contributed by atoms with van der Waals surface area (Å²) in [5.74, 6) is 0.179. The molecule has 0 saturated heterocycles. The van der Waals surface area contributed by atoms with Crippen molar-refractivity contribution in [2.24, 2.45) is 0 Å². The zero-order valence-electron chi connectivity index (χ0n) is 15.7. The molecule has 142 valence electrons. The molecule has 1 aliphatic rings. The van der Waals surface area contributed by atoms with E-state index >= 15 is 0 Å². The minimum absolute atomic E-state index is 0.0409. The van der Waals surface area contributed by atoms with Gasteiger partial charge in [-0.25, -0.2) is 4.79 Å². The summed E-state index contributed by atoms with van der Waals surface area (Å²) in [6.45, 7) is 4.03. The molecule has 0 aromatic heterocycles. The second kappa shape index (κ2) is 8.12. The van der Waals surface area contributed by atoms with Crippen LogP contribution in [0.5, 0.6) is 11.5 Å². The van der Waals surface area contributed by atoms with Gasteiger partial charge >= 0.3 is 5.97 Å². The fraction of sp³-hybridized carbons (Fsp3) is 0.333. The van der Waals surface area contributed by atoms with Gasteiger partial charge < -0.3 is 19.1 Å². The van der Waals surface area contributed by atoms with E-state index in [-0.39, 0.29) is 18.6 Å². The number of fused-ring (bicyclic) bond motifs is 1. The van der Waals surface area contributed by atoms with Gasteiger partial charge in [-0.05, 0) is 50.1 Å². The Morgan fingerprint density at radius 1 is 1.15 bits per heavy atom. The third-order valence-electron chi connectivity index (χ3n) is 4.50. The van der Waals surface area contributed by atoms with Gasteiger partial charge in [0.25, 0.3) is 5.91 Å². The van der Waals surface area contributed by atoms with E-state index in [4.69, 9.17) is 14.2 Å². The van der Waals surface area contributed by atoms with Gasteiger partial charge in [-0.3, -0.25) is 4.79 Å². The summed E-state index contributed by atoms with van der Waals surface area (Å²) in [7, 11) is 1.50. The van der Waals surface area contributed by atoms with Crippen LogP contribution in [0.4, 0.5) is 5.69 Å². The summed E-state index contributed by atoms with van der Waals surface area (Å²) in [6, 6.07) is 12.6. The number of hydrogen-bond acceptors (Lipinski definition) is 5. The van der Waals surface area contributed by atoms with E-state index in [9.17, 15) is 9.59 Å². The summed E-state index contributed by atoms with van der Waals surface area (Å²) in [5.41, 5.74) is 2.31. The number of hydrogen-bond donors (Lipinski definition) is 0. The van der Waals surface area contributed by atoms with Crippen LogP contribution >= 0.6 is 0 Å². The fourth-order valence-electron chi connectivity index (χ4n) is 3.30. The summed E-state index contributed by atoms with van der Waals surface area (Å²) >= 11 is 0. The molecule has 0 unspecified atom stereocenters. The Hall–Kier alpha value is -3.02. The van der Waals surface area contributed by atoms with Gasteiger partial charge in [-0.2, -0.15) is 0 Å². The van der Waals surface area contributed by atoms with Crippen molar-refractivity contribution in [1.82, 2.24) is 0 Å². The lowest BCUT2D eigenvalue weighted by molar-refractivity contribution is -0.122. The van der Waals surface area contributed by atoms with Crippen LogP contribution in [0, 0.1) is 0 Å². The summed E-state index contributed by atoms with van der Waals surface area (Å²) in [5, 5.41) is 0. The SMILES string of the molecule is CCOc1ccc(C(=O)OCC(=O)N2c3ccccc3C[C@H]2C)cc1OC. The Bertz CT molecular complexity index is 848. The molecule has 0 bridgehead atoms. The van der Waals surface area contributed by atoms with Crippen molar-refractivity contribution in [2.45, 2.75) is 26.3 Å². The maximum Gasteiger partial charge on any atom is 0.338 e. The summed E-state index contributed by atoms with van der Waals surface area (Å²) in [6.07, 6.45) is 0.798. The number of benzene rings is 2. The molecule has 27 heavy (non-hydrogen) atoms. The number of para-hydroxylation sites is 1. The number of rotatable bonds is 6. The zero-order chi connectivity index (χ0) is 19.4. The van der Waals surface area contributed by atoms with Crippen molar-refractivity contribution in [1.29, 1.82) is 0 Å². The highest BCUT2D eigenvalue weighted by molar-refractivity contribution is 5.99. The van der Waals surface area contributed by atoms with Crippen molar-refractivity contribution in [2.75, 3.05) is 25.2 Å². The quantitative estimate of drug-likeness (QED) is 0.732. The number of carbonyl (C=O) groups is 2. The van der Waals surface area contributed by atoms with Gasteiger partial charge in [-0.15, -0.1) is 0 Å². The van der Waals surface area contributed by atoms with Crippen molar-refractivity contribution in [3.8, 4) is 11.5 Å². The first kappa shape index (κ1) is 18.8. The van der Waals surface area contributed by atoms with Crippen LogP contribution in [0.15, 0.2) is 42.5 Å². The third-order valence-corrected chi connectivity index (χ3v) is 4.50. The highest BCUT2D eigenvalue weighted by Gasteiger charge is 2.31. The molecule has 6 nitrogen and oxygen atoms in total. The van der Waals surface area contributed by atoms with Crippen LogP contribution in [0.2, 0.25) is 0 Å². The minimum atomic E-state index is -0.579. The number of ether oxygens (including phenoxy) is 3. The molecular weight excluding hydrogens is 346 g/mol. The lowest BCUT2D eigenvalue weighted by Crippen LogP contribution is -2.38. The van der Waals surface area contributed by atoms with Crippen LogP contribution in [0.3, 0.4) is 0 Å². The summed E-state index contributed by atoms with van der Waals surface area (Å²) < 4.78 is 15.9. The van der Waals surface area contributed by atoms with Crippen molar-refractivity contribution < 1.29 is 23.8 Å². The molecule has 3 rings (SSSR count). The molecule has 2 aromatic rings. The second-order valence-corrected chi connectivity index (χ2v) is 6.32. The van der Waals surface area contributed by atoms with E-state index in [0.717, 1.165) is 17.7 Å². The average Bonchev–Trinajstić information content (AvgIpc) is 3.02. The largest absolute Gasteiger partial charge is 0.493 e. The normalized spacial score (nSPS) is 15.2. The second-order valence-electron chi connectivity index (χ2n) is 6.32. The zero-order valence-corrected chi connectivity index (χ0v) is 15.7. The van der Waals surface area contributed by atoms with Gasteiger partial charge in [0.2, 0.25) is 0 Å². The Labute approximate surface area is 158 Å². The lowest BCUT2D eigenvalue weighted by Gasteiger charge is -2.22. The molecule has 0 aliphatic carbocycles. The molecule has 1 heterocycles. The fourth-order valence-corrected chi connectivity index (χ4v) is 3.30. The predicted molar refractivity (Wildman–Crippen MR) is 102 cm³/mol. The first-order valence-corrected chi connectivity index (χ1v) is 8.93. The Morgan fingerprint density at radius 3 is 2.67 bits per heavy atom. The first-order chi connectivity index (χ1) is 13.0. The minimum Gasteiger partial charge on any atom is -0.493 e. The first-order valence-electron chi connectivity index (χ1n) is 8.93. The van der Waals surface area contributed by atoms with E-state index in [0.29, 0.717) is 23.7 Å².